The van der Waals surface area contributed by atoms with Crippen LogP contribution < -0.4 is 5.73 Å². The number of benzene rings is 1. The Labute approximate surface area is 118 Å². The maximum atomic E-state index is 12.0. The molecule has 6 heteroatoms. The van der Waals surface area contributed by atoms with Gasteiger partial charge in [0.2, 0.25) is 11.8 Å². The first-order valence-electron chi connectivity index (χ1n) is 6.06. The molecule has 1 heterocycles. The number of carbonyl (C=O) groups is 1. The standard InChI is InChI=1S/C13H18N2O3.ClH/c14-11(9-10-5-2-1-3-6-10)12(16)15-8-4-7-13(15,17)18;/h1-3,5-6,11,17-18H,4,7-9,14H2;1H. The van der Waals surface area contributed by atoms with Crippen LogP contribution in [0.4, 0.5) is 0 Å². The summed E-state index contributed by atoms with van der Waals surface area (Å²) in [7, 11) is 0. The highest BCUT2D eigenvalue weighted by Crippen LogP contribution is 2.24. The maximum absolute atomic E-state index is 12.0. The molecule has 0 aliphatic carbocycles. The molecule has 0 aromatic heterocycles. The van der Waals surface area contributed by atoms with Crippen LogP contribution in [-0.2, 0) is 11.2 Å². The normalized spacial score (nSPS) is 18.8. The van der Waals surface area contributed by atoms with Gasteiger partial charge in [-0.3, -0.25) is 9.69 Å². The van der Waals surface area contributed by atoms with Crippen molar-refractivity contribution in [3.8, 4) is 0 Å². The van der Waals surface area contributed by atoms with Crippen LogP contribution in [0.1, 0.15) is 18.4 Å². The molecule has 1 fully saturated rings. The molecule has 19 heavy (non-hydrogen) atoms. The molecule has 1 aliphatic rings. The Hall–Kier alpha value is -1.14. The third kappa shape index (κ3) is 3.67. The lowest BCUT2D eigenvalue weighted by atomic mass is 10.1. The third-order valence-corrected chi connectivity index (χ3v) is 3.21. The van der Waals surface area contributed by atoms with E-state index < -0.39 is 17.9 Å². The van der Waals surface area contributed by atoms with E-state index in [-0.39, 0.29) is 18.8 Å². The average Bonchev–Trinajstić information content (AvgIpc) is 2.69. The minimum Gasteiger partial charge on any atom is -0.349 e. The van der Waals surface area contributed by atoms with Crippen LogP contribution in [0.25, 0.3) is 0 Å². The van der Waals surface area contributed by atoms with Gasteiger partial charge >= 0.3 is 0 Å². The Balaban J connectivity index is 0.00000180. The number of nitrogens with two attached hydrogens (primary N) is 1. The fraction of sp³-hybridized carbons (Fsp3) is 0.462. The number of hydrogen-bond acceptors (Lipinski definition) is 4. The lowest BCUT2D eigenvalue weighted by Crippen LogP contribution is -2.53. The van der Waals surface area contributed by atoms with Crippen LogP contribution in [0.3, 0.4) is 0 Å². The first-order chi connectivity index (χ1) is 8.50. The topological polar surface area (TPSA) is 86.8 Å². The summed E-state index contributed by atoms with van der Waals surface area (Å²) >= 11 is 0. The average molecular weight is 287 g/mol. The molecular weight excluding hydrogens is 268 g/mol. The lowest BCUT2D eigenvalue weighted by Gasteiger charge is -2.30. The molecular formula is C13H19ClN2O3. The number of amides is 1. The number of rotatable bonds is 3. The lowest BCUT2D eigenvalue weighted by molar-refractivity contribution is -0.240. The van der Waals surface area contributed by atoms with Crippen molar-refractivity contribution < 1.29 is 15.0 Å². The molecule has 106 valence electrons. The fourth-order valence-electron chi connectivity index (χ4n) is 2.23. The van der Waals surface area contributed by atoms with Gasteiger partial charge in [0.1, 0.15) is 0 Å². The van der Waals surface area contributed by atoms with Crippen LogP contribution in [0, 0.1) is 0 Å². The van der Waals surface area contributed by atoms with Gasteiger partial charge in [0.15, 0.2) is 0 Å². The molecule has 1 unspecified atom stereocenters. The van der Waals surface area contributed by atoms with Gasteiger partial charge in [-0.1, -0.05) is 30.3 Å². The van der Waals surface area contributed by atoms with Gasteiger partial charge in [0, 0.05) is 13.0 Å². The van der Waals surface area contributed by atoms with E-state index in [0.29, 0.717) is 19.4 Å². The van der Waals surface area contributed by atoms with Crippen molar-refractivity contribution in [3.63, 3.8) is 0 Å². The monoisotopic (exact) mass is 286 g/mol. The van der Waals surface area contributed by atoms with Crippen molar-refractivity contribution in [2.45, 2.75) is 31.2 Å². The van der Waals surface area contributed by atoms with Crippen LogP contribution >= 0.6 is 12.4 Å². The van der Waals surface area contributed by atoms with Crippen LogP contribution in [-0.4, -0.2) is 39.5 Å². The summed E-state index contributed by atoms with van der Waals surface area (Å²) in [4.78, 5) is 13.1. The Morgan fingerprint density at radius 1 is 1.37 bits per heavy atom. The van der Waals surface area contributed by atoms with E-state index in [1.165, 1.54) is 0 Å². The van der Waals surface area contributed by atoms with Gasteiger partial charge in [-0.25, -0.2) is 0 Å². The van der Waals surface area contributed by atoms with Gasteiger partial charge in [0.25, 0.3) is 0 Å². The number of hydrogen-bond donors (Lipinski definition) is 3. The summed E-state index contributed by atoms with van der Waals surface area (Å²) in [5.41, 5.74) is 6.79. The predicted molar refractivity (Wildman–Crippen MR) is 73.5 cm³/mol. The minimum absolute atomic E-state index is 0. The van der Waals surface area contributed by atoms with Gasteiger partial charge < -0.3 is 15.9 Å². The van der Waals surface area contributed by atoms with Gasteiger partial charge in [-0.15, -0.1) is 12.4 Å². The zero-order valence-electron chi connectivity index (χ0n) is 10.5. The molecule has 0 spiro atoms. The molecule has 1 amide bonds. The molecule has 0 saturated carbocycles. The van der Waals surface area contributed by atoms with Crippen molar-refractivity contribution in [2.75, 3.05) is 6.54 Å². The summed E-state index contributed by atoms with van der Waals surface area (Å²) in [6, 6.07) is 8.69. The molecule has 4 N–H and O–H groups in total. The molecule has 1 atom stereocenters. The third-order valence-electron chi connectivity index (χ3n) is 3.21. The van der Waals surface area contributed by atoms with Crippen molar-refractivity contribution in [1.29, 1.82) is 0 Å². The van der Waals surface area contributed by atoms with Crippen LogP contribution in [0.2, 0.25) is 0 Å². The molecule has 5 nitrogen and oxygen atoms in total. The number of likely N-dealkylation sites (tertiary alicyclic amines) is 1. The van der Waals surface area contributed by atoms with E-state index in [9.17, 15) is 15.0 Å². The van der Waals surface area contributed by atoms with Crippen molar-refractivity contribution in [2.24, 2.45) is 5.73 Å². The quantitative estimate of drug-likeness (QED) is 0.695. The molecule has 2 rings (SSSR count). The number of carbonyl (C=O) groups excluding carboxylic acids is 1. The van der Waals surface area contributed by atoms with E-state index in [2.05, 4.69) is 0 Å². The highest BCUT2D eigenvalue weighted by Gasteiger charge is 2.41. The van der Waals surface area contributed by atoms with E-state index in [1.807, 2.05) is 30.3 Å². The molecule has 1 aromatic carbocycles. The van der Waals surface area contributed by atoms with E-state index in [4.69, 9.17) is 5.73 Å². The second-order valence-electron chi connectivity index (χ2n) is 4.66. The van der Waals surface area contributed by atoms with Gasteiger partial charge in [0.05, 0.1) is 6.04 Å². The van der Waals surface area contributed by atoms with Crippen molar-refractivity contribution in [3.05, 3.63) is 35.9 Å². The molecule has 1 aromatic rings. The largest absolute Gasteiger partial charge is 0.349 e. The Morgan fingerprint density at radius 2 is 2.00 bits per heavy atom. The van der Waals surface area contributed by atoms with Gasteiger partial charge in [-0.2, -0.15) is 0 Å². The summed E-state index contributed by atoms with van der Waals surface area (Å²) in [6.07, 6.45) is 1.15. The molecule has 0 bridgehead atoms. The van der Waals surface area contributed by atoms with Crippen molar-refractivity contribution >= 4 is 18.3 Å². The number of aliphatic hydroxyl groups is 2. The van der Waals surface area contributed by atoms with Crippen LogP contribution in [0.15, 0.2) is 30.3 Å². The van der Waals surface area contributed by atoms with E-state index in [0.717, 1.165) is 10.5 Å². The Bertz CT molecular complexity index is 425. The molecule has 0 radical (unpaired) electrons. The zero-order valence-corrected chi connectivity index (χ0v) is 11.3. The van der Waals surface area contributed by atoms with Crippen LogP contribution in [0.5, 0.6) is 0 Å². The highest BCUT2D eigenvalue weighted by molar-refractivity contribution is 5.85. The Morgan fingerprint density at radius 3 is 2.53 bits per heavy atom. The summed E-state index contributed by atoms with van der Waals surface area (Å²) in [5.74, 6) is -2.45. The summed E-state index contributed by atoms with van der Waals surface area (Å²) < 4.78 is 0. The first-order valence-corrected chi connectivity index (χ1v) is 6.06. The van der Waals surface area contributed by atoms with E-state index >= 15 is 0 Å². The Kier molecular flexibility index (Phi) is 5.31. The smallest absolute Gasteiger partial charge is 0.248 e. The zero-order chi connectivity index (χ0) is 13.2. The second-order valence-corrected chi connectivity index (χ2v) is 4.66. The number of halogens is 1. The SMILES string of the molecule is Cl.NC(Cc1ccccc1)C(=O)N1CCCC1(O)O. The number of nitrogens with zero attached hydrogens (tertiary/aromatic N) is 1. The summed E-state index contributed by atoms with van der Waals surface area (Å²) in [6.45, 7) is 0.342. The summed E-state index contributed by atoms with van der Waals surface area (Å²) in [5, 5.41) is 19.3. The predicted octanol–water partition coefficient (Wildman–Crippen LogP) is 0.239. The van der Waals surface area contributed by atoms with Gasteiger partial charge in [-0.05, 0) is 18.4 Å². The molecule has 1 saturated heterocycles. The molecule has 1 aliphatic heterocycles. The minimum atomic E-state index is -2.04. The maximum Gasteiger partial charge on any atom is 0.248 e. The highest BCUT2D eigenvalue weighted by atomic mass is 35.5. The fourth-order valence-corrected chi connectivity index (χ4v) is 2.23. The second kappa shape index (κ2) is 6.34. The van der Waals surface area contributed by atoms with Crippen molar-refractivity contribution in [1.82, 2.24) is 4.90 Å². The van der Waals surface area contributed by atoms with E-state index in [1.54, 1.807) is 0 Å². The first kappa shape index (κ1) is 15.9.